The van der Waals surface area contributed by atoms with Gasteiger partial charge in [0, 0.05) is 16.7 Å². The molecular formula is C19H21ClN2O2. The van der Waals surface area contributed by atoms with Crippen molar-refractivity contribution in [2.45, 2.75) is 25.8 Å². The molecule has 126 valence electrons. The van der Waals surface area contributed by atoms with Gasteiger partial charge in [0.25, 0.3) is 0 Å². The second-order valence-corrected chi connectivity index (χ2v) is 6.72. The quantitative estimate of drug-likeness (QED) is 0.701. The first kappa shape index (κ1) is 16.7. The standard InChI is InChI=1S/C19H21ClN2O2/c1-19(2,14-4-6-16(23)7-5-14)15-10-13-12-21-22(9-8-20)18(13)17(11-15)24-3/h4-7,10-12,23H,8-9H2,1-3H3. The number of halogens is 1. The number of phenolic OH excluding ortho intramolecular Hbond substituents is 1. The molecule has 2 aromatic carbocycles. The molecule has 3 aromatic rings. The number of rotatable bonds is 5. The molecule has 1 heterocycles. The number of hydrogen-bond acceptors (Lipinski definition) is 3. The Balaban J connectivity index is 2.14. The summed E-state index contributed by atoms with van der Waals surface area (Å²) in [6, 6.07) is 11.5. The van der Waals surface area contributed by atoms with Crippen LogP contribution in [0, 0.1) is 0 Å². The lowest BCUT2D eigenvalue weighted by Crippen LogP contribution is -2.19. The molecule has 1 aromatic heterocycles. The number of methoxy groups -OCH3 is 1. The summed E-state index contributed by atoms with van der Waals surface area (Å²) in [5.41, 5.74) is 2.98. The number of hydrogen-bond donors (Lipinski definition) is 1. The van der Waals surface area contributed by atoms with E-state index in [0.29, 0.717) is 12.4 Å². The minimum Gasteiger partial charge on any atom is -0.508 e. The van der Waals surface area contributed by atoms with Gasteiger partial charge in [-0.05, 0) is 35.4 Å². The van der Waals surface area contributed by atoms with Crippen molar-refractivity contribution in [3.05, 3.63) is 53.7 Å². The van der Waals surface area contributed by atoms with E-state index in [9.17, 15) is 5.11 Å². The first-order valence-corrected chi connectivity index (χ1v) is 8.40. The van der Waals surface area contributed by atoms with Crippen molar-refractivity contribution in [1.29, 1.82) is 0 Å². The van der Waals surface area contributed by atoms with Crippen LogP contribution in [-0.4, -0.2) is 27.9 Å². The molecule has 0 saturated heterocycles. The minimum atomic E-state index is -0.232. The maximum atomic E-state index is 9.53. The zero-order valence-electron chi connectivity index (χ0n) is 14.1. The molecule has 0 saturated carbocycles. The summed E-state index contributed by atoms with van der Waals surface area (Å²) < 4.78 is 7.49. The Hall–Kier alpha value is -2.20. The lowest BCUT2D eigenvalue weighted by atomic mass is 9.77. The minimum absolute atomic E-state index is 0.232. The fourth-order valence-corrected chi connectivity index (χ4v) is 3.16. The molecule has 0 unspecified atom stereocenters. The molecular weight excluding hydrogens is 324 g/mol. The van der Waals surface area contributed by atoms with Crippen molar-refractivity contribution in [1.82, 2.24) is 9.78 Å². The number of aryl methyl sites for hydroxylation is 1. The number of nitrogens with zero attached hydrogens (tertiary/aromatic N) is 2. The average molecular weight is 345 g/mol. The third-order valence-corrected chi connectivity index (χ3v) is 4.69. The van der Waals surface area contributed by atoms with Crippen molar-refractivity contribution in [2.24, 2.45) is 0 Å². The number of benzene rings is 2. The summed E-state index contributed by atoms with van der Waals surface area (Å²) in [6.45, 7) is 4.95. The van der Waals surface area contributed by atoms with Crippen LogP contribution >= 0.6 is 11.6 Å². The molecule has 3 rings (SSSR count). The van der Waals surface area contributed by atoms with Crippen molar-refractivity contribution in [3.63, 3.8) is 0 Å². The molecule has 0 aliphatic carbocycles. The Labute approximate surface area is 146 Å². The van der Waals surface area contributed by atoms with Gasteiger partial charge in [0.2, 0.25) is 0 Å². The molecule has 4 nitrogen and oxygen atoms in total. The highest BCUT2D eigenvalue weighted by atomic mass is 35.5. The Morgan fingerprint density at radius 2 is 1.88 bits per heavy atom. The van der Waals surface area contributed by atoms with Gasteiger partial charge < -0.3 is 9.84 Å². The van der Waals surface area contributed by atoms with Crippen LogP contribution in [0.3, 0.4) is 0 Å². The van der Waals surface area contributed by atoms with Gasteiger partial charge in [0.05, 0.1) is 19.9 Å². The van der Waals surface area contributed by atoms with Gasteiger partial charge in [-0.2, -0.15) is 5.10 Å². The van der Waals surface area contributed by atoms with E-state index in [1.54, 1.807) is 19.2 Å². The molecule has 0 radical (unpaired) electrons. The molecule has 0 atom stereocenters. The molecule has 5 heteroatoms. The van der Waals surface area contributed by atoms with Crippen LogP contribution in [0.25, 0.3) is 10.9 Å². The number of alkyl halides is 1. The van der Waals surface area contributed by atoms with Gasteiger partial charge >= 0.3 is 0 Å². The number of phenols is 1. The predicted molar refractivity (Wildman–Crippen MR) is 97.2 cm³/mol. The highest BCUT2D eigenvalue weighted by Crippen LogP contribution is 2.37. The van der Waals surface area contributed by atoms with Crippen molar-refractivity contribution in [2.75, 3.05) is 13.0 Å². The van der Waals surface area contributed by atoms with Crippen LogP contribution in [0.5, 0.6) is 11.5 Å². The lowest BCUT2D eigenvalue weighted by Gasteiger charge is -2.27. The monoisotopic (exact) mass is 344 g/mol. The van der Waals surface area contributed by atoms with Crippen LogP contribution in [0.1, 0.15) is 25.0 Å². The predicted octanol–water partition coefficient (Wildman–Crippen LogP) is 4.32. The van der Waals surface area contributed by atoms with Gasteiger partial charge in [-0.3, -0.25) is 4.68 Å². The third-order valence-electron chi connectivity index (χ3n) is 4.53. The smallest absolute Gasteiger partial charge is 0.145 e. The van der Waals surface area contributed by atoms with Gasteiger partial charge in [0.1, 0.15) is 17.0 Å². The van der Waals surface area contributed by atoms with Crippen molar-refractivity contribution in [3.8, 4) is 11.5 Å². The molecule has 1 N–H and O–H groups in total. The fourth-order valence-electron chi connectivity index (χ4n) is 3.00. The van der Waals surface area contributed by atoms with Crippen molar-refractivity contribution < 1.29 is 9.84 Å². The van der Waals surface area contributed by atoms with Gasteiger partial charge in [-0.1, -0.05) is 26.0 Å². The Morgan fingerprint density at radius 1 is 1.17 bits per heavy atom. The van der Waals surface area contributed by atoms with E-state index in [1.807, 2.05) is 23.0 Å². The summed E-state index contributed by atoms with van der Waals surface area (Å²) in [7, 11) is 1.67. The van der Waals surface area contributed by atoms with Gasteiger partial charge in [-0.15, -0.1) is 11.6 Å². The number of fused-ring (bicyclic) bond motifs is 1. The molecule has 0 aliphatic rings. The van der Waals surface area contributed by atoms with E-state index < -0.39 is 0 Å². The van der Waals surface area contributed by atoms with Crippen LogP contribution in [0.2, 0.25) is 0 Å². The number of aromatic nitrogens is 2. The van der Waals surface area contributed by atoms with E-state index in [-0.39, 0.29) is 11.2 Å². The van der Waals surface area contributed by atoms with E-state index in [1.165, 1.54) is 0 Å². The van der Waals surface area contributed by atoms with E-state index in [0.717, 1.165) is 27.8 Å². The summed E-state index contributed by atoms with van der Waals surface area (Å²) >= 11 is 5.86. The zero-order chi connectivity index (χ0) is 17.3. The van der Waals surface area contributed by atoms with E-state index in [2.05, 4.69) is 31.1 Å². The Kier molecular flexibility index (Phi) is 4.41. The summed E-state index contributed by atoms with van der Waals surface area (Å²) in [6.07, 6.45) is 1.85. The number of ether oxygens (including phenoxy) is 1. The van der Waals surface area contributed by atoms with Crippen LogP contribution < -0.4 is 4.74 Å². The molecule has 0 amide bonds. The normalized spacial score (nSPS) is 11.8. The Morgan fingerprint density at radius 3 is 2.50 bits per heavy atom. The lowest BCUT2D eigenvalue weighted by molar-refractivity contribution is 0.415. The first-order chi connectivity index (χ1) is 11.5. The fraction of sp³-hybridized carbons (Fsp3) is 0.316. The largest absolute Gasteiger partial charge is 0.508 e. The third kappa shape index (κ3) is 2.82. The second-order valence-electron chi connectivity index (χ2n) is 6.34. The zero-order valence-corrected chi connectivity index (χ0v) is 14.8. The Bertz CT molecular complexity index is 854. The summed E-state index contributed by atoms with van der Waals surface area (Å²) in [4.78, 5) is 0. The molecule has 0 fully saturated rings. The van der Waals surface area contributed by atoms with E-state index in [4.69, 9.17) is 16.3 Å². The average Bonchev–Trinajstić information content (AvgIpc) is 2.98. The van der Waals surface area contributed by atoms with Gasteiger partial charge in [-0.25, -0.2) is 0 Å². The maximum absolute atomic E-state index is 9.53. The second kappa shape index (κ2) is 6.36. The molecule has 24 heavy (non-hydrogen) atoms. The topological polar surface area (TPSA) is 47.3 Å². The van der Waals surface area contributed by atoms with Crippen LogP contribution in [0.15, 0.2) is 42.6 Å². The summed E-state index contributed by atoms with van der Waals surface area (Å²) in [5, 5.41) is 15.0. The van der Waals surface area contributed by atoms with Crippen LogP contribution in [0.4, 0.5) is 0 Å². The maximum Gasteiger partial charge on any atom is 0.145 e. The number of aromatic hydroxyl groups is 1. The molecule has 0 aliphatic heterocycles. The molecule has 0 spiro atoms. The summed E-state index contributed by atoms with van der Waals surface area (Å²) in [5.74, 6) is 1.56. The molecule has 0 bridgehead atoms. The van der Waals surface area contributed by atoms with Crippen LogP contribution in [-0.2, 0) is 12.0 Å². The highest BCUT2D eigenvalue weighted by Gasteiger charge is 2.25. The first-order valence-electron chi connectivity index (χ1n) is 7.87. The van der Waals surface area contributed by atoms with Gasteiger partial charge in [0.15, 0.2) is 0 Å². The van der Waals surface area contributed by atoms with Crippen molar-refractivity contribution >= 4 is 22.5 Å². The van der Waals surface area contributed by atoms with E-state index >= 15 is 0 Å². The highest BCUT2D eigenvalue weighted by molar-refractivity contribution is 6.17. The SMILES string of the molecule is COc1cc(C(C)(C)c2ccc(O)cc2)cc2cnn(CCCl)c12.